The smallest absolute Gasteiger partial charge is 0.0546 e. The minimum absolute atomic E-state index is 1.10. The van der Waals surface area contributed by atoms with Crippen LogP contribution in [0.3, 0.4) is 0 Å². The Morgan fingerprint density at radius 2 is 0.913 bits per heavy atom. The van der Waals surface area contributed by atoms with Crippen LogP contribution in [-0.2, 0) is 0 Å². The first kappa shape index (κ1) is 26.3. The van der Waals surface area contributed by atoms with Crippen LogP contribution in [0.15, 0.2) is 182 Å². The van der Waals surface area contributed by atoms with E-state index in [1.165, 1.54) is 54.5 Å². The molecule has 8 aromatic carbocycles. The van der Waals surface area contributed by atoms with Crippen LogP contribution in [0.25, 0.3) is 60.2 Å². The summed E-state index contributed by atoms with van der Waals surface area (Å²) in [6.07, 6.45) is 0. The predicted octanol–water partition coefficient (Wildman–Crippen LogP) is 12.2. The van der Waals surface area contributed by atoms with Crippen molar-refractivity contribution in [1.29, 1.82) is 0 Å². The number of anilines is 3. The van der Waals surface area contributed by atoms with Gasteiger partial charge in [0.2, 0.25) is 0 Å². The van der Waals surface area contributed by atoms with Gasteiger partial charge in [0.15, 0.2) is 0 Å². The van der Waals surface area contributed by atoms with Gasteiger partial charge in [-0.1, -0.05) is 133 Å². The molecule has 0 fully saturated rings. The number of hydrogen-bond donors (Lipinski definition) is 0. The number of fused-ring (bicyclic) bond motifs is 6. The third-order valence-electron chi connectivity index (χ3n) is 9.16. The molecule has 2 nitrogen and oxygen atoms in total. The number of aromatic nitrogens is 1. The number of para-hydroxylation sites is 3. The fourth-order valence-electron chi connectivity index (χ4n) is 7.11. The molecule has 0 spiro atoms. The lowest BCUT2D eigenvalue weighted by atomic mass is 9.97. The number of hydrogen-bond acceptors (Lipinski definition) is 1. The second-order valence-corrected chi connectivity index (χ2v) is 11.8. The number of nitrogens with zero attached hydrogens (tertiary/aromatic N) is 2. The van der Waals surface area contributed by atoms with Gasteiger partial charge < -0.3 is 9.47 Å². The standard InChI is InChI=1S/C44H30N2/c1-2-14-31(15-3-1)36-18-8-11-23-41(36)46(44-30-32-16-4-5-17-35(32)37-19-6-7-20-38(37)44)34-28-26-33(27-29-34)45-42-24-12-9-21-39(42)40-22-10-13-25-43(40)45/h1-30H. The average Bonchev–Trinajstić information content (AvgIpc) is 3.47. The maximum atomic E-state index is 2.44. The molecule has 0 saturated carbocycles. The number of benzene rings is 8. The lowest BCUT2D eigenvalue weighted by molar-refractivity contribution is 1.17. The first-order valence-electron chi connectivity index (χ1n) is 15.8. The fourth-order valence-corrected chi connectivity index (χ4v) is 7.11. The Balaban J connectivity index is 1.30. The SMILES string of the molecule is c1ccc(-c2ccccc2N(c2ccc(-n3c4ccccc4c4ccccc43)cc2)c2cc3ccccc3c3ccccc23)cc1. The van der Waals surface area contributed by atoms with E-state index in [0.29, 0.717) is 0 Å². The summed E-state index contributed by atoms with van der Waals surface area (Å²) in [4.78, 5) is 2.44. The van der Waals surface area contributed by atoms with Crippen molar-refractivity contribution >= 4 is 60.4 Å². The monoisotopic (exact) mass is 586 g/mol. The summed E-state index contributed by atoms with van der Waals surface area (Å²) in [7, 11) is 0. The largest absolute Gasteiger partial charge is 0.309 e. The highest BCUT2D eigenvalue weighted by Gasteiger charge is 2.21. The van der Waals surface area contributed by atoms with Crippen LogP contribution in [-0.4, -0.2) is 4.57 Å². The minimum Gasteiger partial charge on any atom is -0.309 e. The van der Waals surface area contributed by atoms with Gasteiger partial charge in [0.05, 0.1) is 22.4 Å². The van der Waals surface area contributed by atoms with Crippen LogP contribution in [0.4, 0.5) is 17.1 Å². The summed E-state index contributed by atoms with van der Waals surface area (Å²) in [5.41, 5.74) is 9.34. The second-order valence-electron chi connectivity index (χ2n) is 11.8. The third kappa shape index (κ3) is 4.19. The van der Waals surface area contributed by atoms with Crippen molar-refractivity contribution in [2.24, 2.45) is 0 Å². The lowest BCUT2D eigenvalue weighted by Gasteiger charge is -2.30. The molecule has 9 rings (SSSR count). The molecule has 0 aliphatic carbocycles. The molecule has 1 aromatic heterocycles. The van der Waals surface area contributed by atoms with Gasteiger partial charge in [-0.25, -0.2) is 0 Å². The van der Waals surface area contributed by atoms with Gasteiger partial charge in [0.1, 0.15) is 0 Å². The van der Waals surface area contributed by atoms with Crippen molar-refractivity contribution in [2.75, 3.05) is 4.90 Å². The maximum absolute atomic E-state index is 2.44. The van der Waals surface area contributed by atoms with E-state index in [0.717, 1.165) is 22.7 Å². The average molecular weight is 587 g/mol. The molecule has 0 N–H and O–H groups in total. The van der Waals surface area contributed by atoms with Gasteiger partial charge in [-0.3, -0.25) is 0 Å². The fraction of sp³-hybridized carbons (Fsp3) is 0. The van der Waals surface area contributed by atoms with E-state index in [2.05, 4.69) is 191 Å². The first-order chi connectivity index (χ1) is 22.8. The summed E-state index contributed by atoms with van der Waals surface area (Å²) in [6, 6.07) is 65.7. The van der Waals surface area contributed by atoms with Crippen LogP contribution in [0.5, 0.6) is 0 Å². The van der Waals surface area contributed by atoms with Crippen molar-refractivity contribution < 1.29 is 0 Å². The summed E-state index contributed by atoms with van der Waals surface area (Å²) >= 11 is 0. The Hall–Kier alpha value is -6.12. The zero-order valence-electron chi connectivity index (χ0n) is 25.2. The molecule has 1 heterocycles. The molecule has 216 valence electrons. The molecule has 46 heavy (non-hydrogen) atoms. The zero-order valence-corrected chi connectivity index (χ0v) is 25.2. The van der Waals surface area contributed by atoms with Gasteiger partial charge >= 0.3 is 0 Å². The highest BCUT2D eigenvalue weighted by atomic mass is 15.1. The zero-order chi connectivity index (χ0) is 30.5. The van der Waals surface area contributed by atoms with Crippen LogP contribution < -0.4 is 4.90 Å². The molecule has 0 amide bonds. The quantitative estimate of drug-likeness (QED) is 0.182. The third-order valence-corrected chi connectivity index (χ3v) is 9.16. The highest BCUT2D eigenvalue weighted by molar-refractivity contribution is 6.15. The molecule has 2 heteroatoms. The molecule has 0 radical (unpaired) electrons. The summed E-state index contributed by atoms with van der Waals surface area (Å²) in [6.45, 7) is 0. The Bertz CT molecular complexity index is 2470. The van der Waals surface area contributed by atoms with E-state index < -0.39 is 0 Å². The number of rotatable bonds is 5. The molecule has 0 unspecified atom stereocenters. The van der Waals surface area contributed by atoms with Gasteiger partial charge in [0, 0.05) is 33.1 Å². The highest BCUT2D eigenvalue weighted by Crippen LogP contribution is 2.45. The van der Waals surface area contributed by atoms with Crippen LogP contribution >= 0.6 is 0 Å². The molecule has 9 aromatic rings. The Morgan fingerprint density at radius 3 is 1.63 bits per heavy atom. The van der Waals surface area contributed by atoms with E-state index in [-0.39, 0.29) is 0 Å². The molecular formula is C44H30N2. The lowest BCUT2D eigenvalue weighted by Crippen LogP contribution is -2.12. The van der Waals surface area contributed by atoms with Crippen molar-refractivity contribution in [3.05, 3.63) is 182 Å². The van der Waals surface area contributed by atoms with Gasteiger partial charge in [-0.15, -0.1) is 0 Å². The normalized spacial score (nSPS) is 11.5. The van der Waals surface area contributed by atoms with Crippen molar-refractivity contribution in [1.82, 2.24) is 4.57 Å². The Labute approximate surface area is 268 Å². The molecule has 0 atom stereocenters. The predicted molar refractivity (Wildman–Crippen MR) is 196 cm³/mol. The van der Waals surface area contributed by atoms with E-state index >= 15 is 0 Å². The van der Waals surface area contributed by atoms with Gasteiger partial charge in [-0.2, -0.15) is 0 Å². The topological polar surface area (TPSA) is 8.17 Å². The Kier molecular flexibility index (Phi) is 6.17. The molecule has 0 aliphatic rings. The van der Waals surface area contributed by atoms with Gasteiger partial charge in [-0.05, 0) is 70.3 Å². The Morgan fingerprint density at radius 1 is 0.370 bits per heavy atom. The van der Waals surface area contributed by atoms with Crippen LogP contribution in [0.1, 0.15) is 0 Å². The first-order valence-corrected chi connectivity index (χ1v) is 15.8. The van der Waals surface area contributed by atoms with Crippen molar-refractivity contribution in [3.8, 4) is 16.8 Å². The molecular weight excluding hydrogens is 556 g/mol. The minimum atomic E-state index is 1.10. The van der Waals surface area contributed by atoms with Crippen molar-refractivity contribution in [2.45, 2.75) is 0 Å². The maximum Gasteiger partial charge on any atom is 0.0546 e. The molecule has 0 bridgehead atoms. The van der Waals surface area contributed by atoms with Crippen LogP contribution in [0.2, 0.25) is 0 Å². The van der Waals surface area contributed by atoms with Crippen LogP contribution in [0, 0.1) is 0 Å². The summed E-state index contributed by atoms with van der Waals surface area (Å²) in [5.74, 6) is 0. The molecule has 0 aliphatic heterocycles. The summed E-state index contributed by atoms with van der Waals surface area (Å²) in [5, 5.41) is 7.49. The van der Waals surface area contributed by atoms with Crippen molar-refractivity contribution in [3.63, 3.8) is 0 Å². The van der Waals surface area contributed by atoms with E-state index in [1.54, 1.807) is 0 Å². The van der Waals surface area contributed by atoms with Gasteiger partial charge in [0.25, 0.3) is 0 Å². The molecule has 0 saturated heterocycles. The van der Waals surface area contributed by atoms with E-state index in [1.807, 2.05) is 0 Å². The summed E-state index contributed by atoms with van der Waals surface area (Å²) < 4.78 is 2.38. The second kappa shape index (κ2) is 10.8. The van der Waals surface area contributed by atoms with E-state index in [4.69, 9.17) is 0 Å². The van der Waals surface area contributed by atoms with E-state index in [9.17, 15) is 0 Å².